The molecule has 150 valence electrons. The minimum absolute atomic E-state index is 0.00621. The number of carbonyl (C=O) groups is 4. The van der Waals surface area contributed by atoms with Crippen LogP contribution < -0.4 is 0 Å². The molecule has 27 heavy (non-hydrogen) atoms. The monoisotopic (exact) mass is 403 g/mol. The van der Waals surface area contributed by atoms with Crippen LogP contribution in [0.3, 0.4) is 0 Å². The smallest absolute Gasteiger partial charge is 0.303 e. The first kappa shape index (κ1) is 22.7. The van der Waals surface area contributed by atoms with E-state index in [-0.39, 0.29) is 12.4 Å². The summed E-state index contributed by atoms with van der Waals surface area (Å²) in [4.78, 5) is 45.8. The SMILES string of the molecule is CC(=O)OC[C@H]1O[C@@H](SCC#N)[C@H](OC(C)=O)[C@@H](OC(C)=O)[C@@H]1OC(C)=O. The highest BCUT2D eigenvalue weighted by molar-refractivity contribution is 8.00. The fourth-order valence-electron chi connectivity index (χ4n) is 2.44. The van der Waals surface area contributed by atoms with Gasteiger partial charge in [-0.3, -0.25) is 19.2 Å². The highest BCUT2D eigenvalue weighted by Crippen LogP contribution is 2.34. The van der Waals surface area contributed by atoms with Crippen molar-refractivity contribution in [3.63, 3.8) is 0 Å². The molecule has 0 aromatic rings. The summed E-state index contributed by atoms with van der Waals surface area (Å²) in [6.45, 7) is 4.34. The minimum Gasteiger partial charge on any atom is -0.463 e. The van der Waals surface area contributed by atoms with E-state index in [1.54, 1.807) is 0 Å². The topological polar surface area (TPSA) is 138 Å². The Morgan fingerprint density at radius 1 is 0.889 bits per heavy atom. The van der Waals surface area contributed by atoms with Crippen LogP contribution in [0.1, 0.15) is 27.7 Å². The van der Waals surface area contributed by atoms with Crippen LogP contribution in [0.15, 0.2) is 0 Å². The lowest BCUT2D eigenvalue weighted by Crippen LogP contribution is -2.61. The number of rotatable bonds is 7. The summed E-state index contributed by atoms with van der Waals surface area (Å²) in [7, 11) is 0. The van der Waals surface area contributed by atoms with E-state index in [2.05, 4.69) is 0 Å². The van der Waals surface area contributed by atoms with Crippen molar-refractivity contribution in [3.8, 4) is 6.07 Å². The molecule has 1 aliphatic heterocycles. The molecule has 0 spiro atoms. The third-order valence-corrected chi connectivity index (χ3v) is 4.26. The number of hydrogen-bond acceptors (Lipinski definition) is 11. The van der Waals surface area contributed by atoms with E-state index < -0.39 is 53.7 Å². The van der Waals surface area contributed by atoms with E-state index in [0.29, 0.717) is 0 Å². The lowest BCUT2D eigenvalue weighted by Gasteiger charge is -2.44. The largest absolute Gasteiger partial charge is 0.463 e. The number of esters is 4. The Bertz CT molecular complexity index is 618. The molecule has 1 saturated heterocycles. The van der Waals surface area contributed by atoms with Crippen molar-refractivity contribution >= 4 is 35.6 Å². The van der Waals surface area contributed by atoms with Crippen molar-refractivity contribution in [2.45, 2.75) is 57.5 Å². The van der Waals surface area contributed by atoms with Crippen LogP contribution in [0.2, 0.25) is 0 Å². The normalized spacial score (nSPS) is 27.0. The Morgan fingerprint density at radius 2 is 1.41 bits per heavy atom. The summed E-state index contributed by atoms with van der Waals surface area (Å²) in [6.07, 6.45) is -4.53. The van der Waals surface area contributed by atoms with Crippen LogP contribution in [0.25, 0.3) is 0 Å². The molecule has 0 aliphatic carbocycles. The van der Waals surface area contributed by atoms with Crippen molar-refractivity contribution in [1.82, 2.24) is 0 Å². The Balaban J connectivity index is 3.25. The van der Waals surface area contributed by atoms with Crippen molar-refractivity contribution in [1.29, 1.82) is 5.26 Å². The maximum atomic E-state index is 11.6. The molecule has 0 aromatic heterocycles. The van der Waals surface area contributed by atoms with Crippen molar-refractivity contribution in [3.05, 3.63) is 0 Å². The minimum atomic E-state index is -1.21. The molecule has 0 saturated carbocycles. The van der Waals surface area contributed by atoms with Crippen LogP contribution >= 0.6 is 11.8 Å². The second-order valence-corrected chi connectivity index (χ2v) is 6.62. The van der Waals surface area contributed by atoms with E-state index in [0.717, 1.165) is 32.5 Å². The van der Waals surface area contributed by atoms with Gasteiger partial charge >= 0.3 is 23.9 Å². The average Bonchev–Trinajstić information content (AvgIpc) is 2.54. The maximum absolute atomic E-state index is 11.6. The third kappa shape index (κ3) is 7.44. The van der Waals surface area contributed by atoms with Gasteiger partial charge in [0.25, 0.3) is 0 Å². The summed E-state index contributed by atoms with van der Waals surface area (Å²) in [5, 5.41) is 8.83. The van der Waals surface area contributed by atoms with E-state index in [4.69, 9.17) is 28.9 Å². The quantitative estimate of drug-likeness (QED) is 0.429. The molecular formula is C16H21NO9S. The van der Waals surface area contributed by atoms with Crippen LogP contribution in [0, 0.1) is 11.3 Å². The molecule has 10 nitrogen and oxygen atoms in total. The third-order valence-electron chi connectivity index (χ3n) is 3.26. The van der Waals surface area contributed by atoms with E-state index in [9.17, 15) is 19.2 Å². The summed E-state index contributed by atoms with van der Waals surface area (Å²) in [5.74, 6) is -2.67. The number of nitrogens with zero attached hydrogens (tertiary/aromatic N) is 1. The van der Waals surface area contributed by atoms with Crippen LogP contribution in [0.4, 0.5) is 0 Å². The second kappa shape index (κ2) is 10.7. The van der Waals surface area contributed by atoms with Gasteiger partial charge < -0.3 is 23.7 Å². The molecule has 1 rings (SSSR count). The summed E-state index contributed by atoms with van der Waals surface area (Å²) in [6, 6.07) is 1.92. The Labute approximate surface area is 160 Å². The van der Waals surface area contributed by atoms with Gasteiger partial charge in [-0.2, -0.15) is 5.26 Å². The van der Waals surface area contributed by atoms with Crippen molar-refractivity contribution in [2.24, 2.45) is 0 Å². The van der Waals surface area contributed by atoms with Gasteiger partial charge in [-0.15, -0.1) is 11.8 Å². The predicted molar refractivity (Wildman–Crippen MR) is 90.0 cm³/mol. The molecule has 5 atom stereocenters. The molecule has 0 N–H and O–H groups in total. The molecule has 1 fully saturated rings. The maximum Gasteiger partial charge on any atom is 0.303 e. The molecule has 0 radical (unpaired) electrons. The van der Waals surface area contributed by atoms with Crippen molar-refractivity contribution < 1.29 is 42.9 Å². The molecular weight excluding hydrogens is 382 g/mol. The average molecular weight is 403 g/mol. The highest BCUT2D eigenvalue weighted by Gasteiger charge is 2.52. The summed E-state index contributed by atoms with van der Waals surface area (Å²) < 4.78 is 26.4. The number of hydrogen-bond donors (Lipinski definition) is 0. The first-order valence-electron chi connectivity index (χ1n) is 7.94. The van der Waals surface area contributed by atoms with Crippen LogP contribution in [-0.2, 0) is 42.9 Å². The lowest BCUT2D eigenvalue weighted by atomic mass is 9.99. The fourth-order valence-corrected chi connectivity index (χ4v) is 3.30. The zero-order valence-corrected chi connectivity index (χ0v) is 16.1. The highest BCUT2D eigenvalue weighted by atomic mass is 32.2. The zero-order chi connectivity index (χ0) is 20.6. The van der Waals surface area contributed by atoms with Gasteiger partial charge in [0.2, 0.25) is 0 Å². The fraction of sp³-hybridized carbons (Fsp3) is 0.688. The van der Waals surface area contributed by atoms with Crippen molar-refractivity contribution in [2.75, 3.05) is 12.4 Å². The molecule has 0 aromatic carbocycles. The van der Waals surface area contributed by atoms with Gasteiger partial charge in [0.1, 0.15) is 18.1 Å². The van der Waals surface area contributed by atoms with Crippen LogP contribution in [-0.4, -0.2) is 66.1 Å². The standard InChI is InChI=1S/C16H21NO9S/c1-8(18)22-7-12-13(23-9(2)19)14(24-10(3)20)15(25-11(4)21)16(26-12)27-6-5-17/h12-16H,6-7H2,1-4H3/t12-,13-,14+,15-,16+/m1/s1. The van der Waals surface area contributed by atoms with Gasteiger partial charge in [0.15, 0.2) is 18.3 Å². The number of nitriles is 1. The Morgan fingerprint density at radius 3 is 1.89 bits per heavy atom. The lowest BCUT2D eigenvalue weighted by molar-refractivity contribution is -0.237. The molecule has 0 bridgehead atoms. The number of thioether (sulfide) groups is 1. The van der Waals surface area contributed by atoms with Gasteiger partial charge in [-0.1, -0.05) is 0 Å². The molecule has 0 unspecified atom stereocenters. The zero-order valence-electron chi connectivity index (χ0n) is 15.3. The van der Waals surface area contributed by atoms with E-state index >= 15 is 0 Å². The van der Waals surface area contributed by atoms with E-state index in [1.807, 2.05) is 6.07 Å². The first-order valence-corrected chi connectivity index (χ1v) is 8.99. The first-order chi connectivity index (χ1) is 12.6. The van der Waals surface area contributed by atoms with Gasteiger partial charge in [0.05, 0.1) is 11.8 Å². The molecule has 1 aliphatic rings. The Hall–Kier alpha value is -2.32. The Kier molecular flexibility index (Phi) is 9.04. The van der Waals surface area contributed by atoms with Gasteiger partial charge in [0, 0.05) is 27.7 Å². The van der Waals surface area contributed by atoms with E-state index in [1.165, 1.54) is 6.92 Å². The summed E-state index contributed by atoms with van der Waals surface area (Å²) >= 11 is 1.00. The predicted octanol–water partition coefficient (Wildman–Crippen LogP) is 0.326. The molecule has 1 heterocycles. The molecule has 11 heteroatoms. The van der Waals surface area contributed by atoms with Gasteiger partial charge in [-0.05, 0) is 0 Å². The number of ether oxygens (including phenoxy) is 5. The number of carbonyl (C=O) groups excluding carboxylic acids is 4. The van der Waals surface area contributed by atoms with Gasteiger partial charge in [-0.25, -0.2) is 0 Å². The molecule has 0 amide bonds. The second-order valence-electron chi connectivity index (χ2n) is 5.54. The summed E-state index contributed by atoms with van der Waals surface area (Å²) in [5.41, 5.74) is -0.912. The van der Waals surface area contributed by atoms with Crippen LogP contribution in [0.5, 0.6) is 0 Å².